The maximum absolute atomic E-state index is 13.5. The van der Waals surface area contributed by atoms with Crippen molar-refractivity contribution in [2.75, 3.05) is 11.0 Å². The number of aryl methyl sites for hydroxylation is 2. The Hall–Kier alpha value is -3.42. The number of ketones is 1. The summed E-state index contributed by atoms with van der Waals surface area (Å²) in [6.45, 7) is 6.85. The van der Waals surface area contributed by atoms with Gasteiger partial charge in [-0.15, -0.1) is 0 Å². The highest BCUT2D eigenvalue weighted by Gasteiger charge is 2.28. The average Bonchev–Trinajstić information content (AvgIpc) is 3.05. The van der Waals surface area contributed by atoms with Crippen molar-refractivity contribution in [3.05, 3.63) is 71.4 Å². The van der Waals surface area contributed by atoms with E-state index < -0.39 is 31.4 Å². The smallest absolute Gasteiger partial charge is 0.268 e. The molecule has 0 aliphatic carbocycles. The van der Waals surface area contributed by atoms with Gasteiger partial charge >= 0.3 is 0 Å². The first-order valence-electron chi connectivity index (χ1n) is 8.95. The van der Waals surface area contributed by atoms with Crippen LogP contribution >= 0.6 is 0 Å². The number of carbonyl (C=O) groups is 1. The van der Waals surface area contributed by atoms with Crippen LogP contribution in [0.2, 0.25) is 0 Å². The molecule has 8 nitrogen and oxygen atoms in total. The quantitative estimate of drug-likeness (QED) is 0.344. The van der Waals surface area contributed by atoms with E-state index in [0.717, 1.165) is 15.8 Å². The summed E-state index contributed by atoms with van der Waals surface area (Å²) in [4.78, 5) is 12.7. The highest BCUT2D eigenvalue weighted by atomic mass is 32.2. The van der Waals surface area contributed by atoms with E-state index in [1.807, 2.05) is 0 Å². The van der Waals surface area contributed by atoms with Crippen LogP contribution in [-0.2, 0) is 20.0 Å². The van der Waals surface area contributed by atoms with E-state index in [4.69, 9.17) is 5.26 Å². The SMILES string of the molecule is C=C(C#N)C(=O)c1cc2cc(C)c(NS(C)(=O)=O)cc2n1S(=O)(=O)c1ccc(C)cc1. The van der Waals surface area contributed by atoms with Crippen molar-refractivity contribution in [1.82, 2.24) is 3.97 Å². The average molecular weight is 458 g/mol. The molecule has 0 amide bonds. The van der Waals surface area contributed by atoms with Crippen molar-refractivity contribution in [3.63, 3.8) is 0 Å². The van der Waals surface area contributed by atoms with Gasteiger partial charge in [-0.25, -0.2) is 20.8 Å². The van der Waals surface area contributed by atoms with Gasteiger partial charge in [0.2, 0.25) is 15.8 Å². The van der Waals surface area contributed by atoms with Gasteiger partial charge in [-0.1, -0.05) is 24.3 Å². The lowest BCUT2D eigenvalue weighted by Gasteiger charge is -2.13. The van der Waals surface area contributed by atoms with Crippen LogP contribution in [0.5, 0.6) is 0 Å². The molecule has 3 rings (SSSR count). The first kappa shape index (κ1) is 22.3. The van der Waals surface area contributed by atoms with Crippen molar-refractivity contribution in [3.8, 4) is 6.07 Å². The first-order chi connectivity index (χ1) is 14.3. The van der Waals surface area contributed by atoms with Gasteiger partial charge in [0.1, 0.15) is 11.8 Å². The molecular weight excluding hydrogens is 438 g/mol. The number of sulfonamides is 1. The largest absolute Gasteiger partial charge is 0.286 e. The number of allylic oxidation sites excluding steroid dienone is 1. The molecule has 0 bridgehead atoms. The third-order valence-electron chi connectivity index (χ3n) is 4.60. The Labute approximate surface area is 180 Å². The van der Waals surface area contributed by atoms with E-state index >= 15 is 0 Å². The van der Waals surface area contributed by atoms with Crippen LogP contribution in [0, 0.1) is 25.2 Å². The van der Waals surface area contributed by atoms with Crippen molar-refractivity contribution in [1.29, 1.82) is 5.26 Å². The Balaban J connectivity index is 2.41. The van der Waals surface area contributed by atoms with Crippen molar-refractivity contribution < 1.29 is 21.6 Å². The molecule has 31 heavy (non-hydrogen) atoms. The zero-order chi connectivity index (χ0) is 23.1. The summed E-state index contributed by atoms with van der Waals surface area (Å²) in [6, 6.07) is 12.0. The molecule has 1 heterocycles. The minimum Gasteiger partial charge on any atom is -0.286 e. The van der Waals surface area contributed by atoms with Gasteiger partial charge in [-0.3, -0.25) is 9.52 Å². The van der Waals surface area contributed by atoms with Crippen LogP contribution < -0.4 is 4.72 Å². The van der Waals surface area contributed by atoms with Crippen LogP contribution in [0.15, 0.2) is 59.5 Å². The van der Waals surface area contributed by atoms with E-state index in [0.29, 0.717) is 10.9 Å². The van der Waals surface area contributed by atoms with Gasteiger partial charge in [-0.2, -0.15) is 5.26 Å². The molecule has 0 saturated heterocycles. The van der Waals surface area contributed by atoms with Crippen molar-refractivity contribution >= 4 is 42.4 Å². The number of carbonyl (C=O) groups excluding carboxylic acids is 1. The van der Waals surface area contributed by atoms with Gasteiger partial charge in [0.05, 0.1) is 27.9 Å². The molecule has 10 heteroatoms. The summed E-state index contributed by atoms with van der Waals surface area (Å²) >= 11 is 0. The molecule has 3 aromatic rings. The lowest BCUT2D eigenvalue weighted by atomic mass is 10.1. The van der Waals surface area contributed by atoms with E-state index in [-0.39, 0.29) is 21.8 Å². The number of Topliss-reactive ketones (excluding diaryl/α,β-unsaturated/α-hetero) is 1. The molecule has 0 aliphatic heterocycles. The van der Waals surface area contributed by atoms with E-state index in [9.17, 15) is 21.6 Å². The van der Waals surface area contributed by atoms with Gasteiger partial charge in [0, 0.05) is 5.39 Å². The minimum atomic E-state index is -4.26. The number of benzene rings is 2. The standard InChI is InChI=1S/C21H19N3O5S2/c1-13-5-7-17(8-6-13)31(28,29)24-19-11-18(23-30(4,26)27)14(2)9-16(19)10-20(24)21(25)15(3)12-22/h5-11,23H,3H2,1-2,4H3. The number of nitrogens with one attached hydrogen (secondary N) is 1. The number of nitrogens with zero attached hydrogens (tertiary/aromatic N) is 2. The summed E-state index contributed by atoms with van der Waals surface area (Å²) in [5.74, 6) is -0.843. The normalized spacial score (nSPS) is 11.8. The number of fused-ring (bicyclic) bond motifs is 1. The fraction of sp³-hybridized carbons (Fsp3) is 0.143. The molecule has 2 aromatic carbocycles. The van der Waals surface area contributed by atoms with E-state index in [1.165, 1.54) is 24.3 Å². The molecule has 0 saturated carbocycles. The second kappa shape index (κ2) is 7.68. The lowest BCUT2D eigenvalue weighted by molar-refractivity contribution is 0.103. The predicted molar refractivity (Wildman–Crippen MR) is 118 cm³/mol. The second-order valence-electron chi connectivity index (χ2n) is 7.13. The van der Waals surface area contributed by atoms with Crippen LogP contribution in [-0.4, -0.2) is 32.8 Å². The summed E-state index contributed by atoms with van der Waals surface area (Å²) in [5, 5.41) is 9.48. The molecule has 1 N–H and O–H groups in total. The highest BCUT2D eigenvalue weighted by Crippen LogP contribution is 2.31. The van der Waals surface area contributed by atoms with Gasteiger partial charge in [0.25, 0.3) is 10.0 Å². The summed E-state index contributed by atoms with van der Waals surface area (Å²) in [7, 11) is -7.89. The van der Waals surface area contributed by atoms with Crippen LogP contribution in [0.4, 0.5) is 5.69 Å². The Bertz CT molecular complexity index is 1490. The molecule has 0 atom stereocenters. The van der Waals surface area contributed by atoms with Crippen LogP contribution in [0.1, 0.15) is 21.6 Å². The molecule has 1 aromatic heterocycles. The fourth-order valence-electron chi connectivity index (χ4n) is 3.09. The molecule has 0 radical (unpaired) electrons. The zero-order valence-corrected chi connectivity index (χ0v) is 18.6. The Morgan fingerprint density at radius 3 is 2.23 bits per heavy atom. The first-order valence-corrected chi connectivity index (χ1v) is 12.3. The molecular formula is C21H19N3O5S2. The number of hydrogen-bond acceptors (Lipinski definition) is 6. The van der Waals surface area contributed by atoms with E-state index in [2.05, 4.69) is 11.3 Å². The molecule has 0 aliphatic rings. The summed E-state index contributed by atoms with van der Waals surface area (Å²) in [6.07, 6.45) is 0.977. The maximum Gasteiger partial charge on any atom is 0.268 e. The zero-order valence-electron chi connectivity index (χ0n) is 17.0. The highest BCUT2D eigenvalue weighted by molar-refractivity contribution is 7.92. The van der Waals surface area contributed by atoms with Crippen molar-refractivity contribution in [2.24, 2.45) is 0 Å². The van der Waals surface area contributed by atoms with Crippen molar-refractivity contribution in [2.45, 2.75) is 18.7 Å². The number of hydrogen-bond donors (Lipinski definition) is 1. The maximum atomic E-state index is 13.5. The summed E-state index contributed by atoms with van der Waals surface area (Å²) < 4.78 is 53.6. The van der Waals surface area contributed by atoms with Crippen LogP contribution in [0.3, 0.4) is 0 Å². The number of rotatable bonds is 6. The van der Waals surface area contributed by atoms with Crippen LogP contribution in [0.25, 0.3) is 10.9 Å². The monoisotopic (exact) mass is 457 g/mol. The third-order valence-corrected chi connectivity index (χ3v) is 6.93. The number of aromatic nitrogens is 1. The Kier molecular flexibility index (Phi) is 5.52. The number of anilines is 1. The van der Waals surface area contributed by atoms with Gasteiger partial charge in [0.15, 0.2) is 0 Å². The molecule has 0 spiro atoms. The topological polar surface area (TPSA) is 126 Å². The van der Waals surface area contributed by atoms with Gasteiger partial charge < -0.3 is 0 Å². The Morgan fingerprint density at radius 1 is 1.06 bits per heavy atom. The molecule has 0 unspecified atom stereocenters. The summed E-state index contributed by atoms with van der Waals surface area (Å²) in [5.41, 5.74) is 0.951. The fourth-order valence-corrected chi connectivity index (χ4v) is 5.22. The minimum absolute atomic E-state index is 0.0644. The predicted octanol–water partition coefficient (Wildman–Crippen LogP) is 3.13. The molecule has 0 fully saturated rings. The second-order valence-corrected chi connectivity index (χ2v) is 10.7. The lowest BCUT2D eigenvalue weighted by Crippen LogP contribution is -2.19. The number of nitriles is 1. The third kappa shape index (κ3) is 4.23. The van der Waals surface area contributed by atoms with E-state index in [1.54, 1.807) is 38.1 Å². The Morgan fingerprint density at radius 2 is 1.68 bits per heavy atom. The molecule has 160 valence electrons. The van der Waals surface area contributed by atoms with Gasteiger partial charge in [-0.05, 0) is 49.7 Å².